The van der Waals surface area contributed by atoms with Crippen molar-refractivity contribution in [3.63, 3.8) is 0 Å². The molecule has 2 atom stereocenters. The second-order valence-electron chi connectivity index (χ2n) is 6.00. The summed E-state index contributed by atoms with van der Waals surface area (Å²) < 4.78 is 28.2. The minimum Gasteiger partial charge on any atom is -0.492 e. The van der Waals surface area contributed by atoms with Crippen molar-refractivity contribution < 1.29 is 17.9 Å². The molecule has 128 valence electrons. The number of rotatable bonds is 7. The predicted molar refractivity (Wildman–Crippen MR) is 88.0 cm³/mol. The van der Waals surface area contributed by atoms with Gasteiger partial charge in [0.05, 0.1) is 11.4 Å². The number of ether oxygens (including phenoxy) is 1. The van der Waals surface area contributed by atoms with E-state index in [4.69, 9.17) is 10.5 Å². The van der Waals surface area contributed by atoms with Gasteiger partial charge < -0.3 is 15.8 Å². The Morgan fingerprint density at radius 1 is 1.30 bits per heavy atom. The van der Waals surface area contributed by atoms with E-state index in [1.807, 2.05) is 0 Å². The monoisotopic (exact) mass is 340 g/mol. The van der Waals surface area contributed by atoms with E-state index in [1.54, 1.807) is 12.1 Å². The molecule has 1 aliphatic rings. The maximum absolute atomic E-state index is 11.8. The van der Waals surface area contributed by atoms with E-state index in [2.05, 4.69) is 5.32 Å². The van der Waals surface area contributed by atoms with E-state index in [1.165, 1.54) is 12.1 Å². The van der Waals surface area contributed by atoms with Gasteiger partial charge in [0.15, 0.2) is 9.84 Å². The Kier molecular flexibility index (Phi) is 6.01. The Hall–Kier alpha value is -1.60. The number of carbonyl (C=O) groups is 1. The molecule has 0 saturated heterocycles. The fraction of sp³-hybridized carbons (Fsp3) is 0.562. The highest BCUT2D eigenvalue weighted by molar-refractivity contribution is 7.90. The topological polar surface area (TPSA) is 98.5 Å². The molecule has 0 radical (unpaired) electrons. The van der Waals surface area contributed by atoms with Gasteiger partial charge in [0.1, 0.15) is 12.4 Å². The predicted octanol–water partition coefficient (Wildman–Crippen LogP) is 1.10. The highest BCUT2D eigenvalue weighted by atomic mass is 32.2. The lowest BCUT2D eigenvalue weighted by atomic mass is 10.00. The van der Waals surface area contributed by atoms with Crippen LogP contribution in [-0.4, -0.2) is 39.8 Å². The third-order valence-electron chi connectivity index (χ3n) is 4.11. The molecule has 0 aliphatic heterocycles. The van der Waals surface area contributed by atoms with Gasteiger partial charge in [-0.15, -0.1) is 0 Å². The highest BCUT2D eigenvalue weighted by Gasteiger charge is 2.25. The molecule has 6 nitrogen and oxygen atoms in total. The van der Waals surface area contributed by atoms with Crippen molar-refractivity contribution >= 4 is 15.7 Å². The molecule has 1 amide bonds. The highest BCUT2D eigenvalue weighted by Crippen LogP contribution is 2.26. The van der Waals surface area contributed by atoms with Crippen LogP contribution in [0, 0.1) is 5.92 Å². The van der Waals surface area contributed by atoms with Gasteiger partial charge in [-0.25, -0.2) is 8.42 Å². The van der Waals surface area contributed by atoms with Gasteiger partial charge in [-0.1, -0.05) is 6.42 Å². The van der Waals surface area contributed by atoms with Crippen molar-refractivity contribution in [1.82, 2.24) is 5.32 Å². The number of amides is 1. The number of benzene rings is 1. The summed E-state index contributed by atoms with van der Waals surface area (Å²) >= 11 is 0. The molecule has 0 bridgehead atoms. The summed E-state index contributed by atoms with van der Waals surface area (Å²) in [5.41, 5.74) is 5.95. The van der Waals surface area contributed by atoms with E-state index in [0.717, 1.165) is 25.5 Å². The van der Waals surface area contributed by atoms with Crippen LogP contribution in [0.2, 0.25) is 0 Å². The molecule has 0 heterocycles. The Balaban J connectivity index is 1.68. The summed E-state index contributed by atoms with van der Waals surface area (Å²) in [6.45, 7) is 0.745. The Morgan fingerprint density at radius 3 is 2.57 bits per heavy atom. The lowest BCUT2D eigenvalue weighted by Crippen LogP contribution is -2.33. The van der Waals surface area contributed by atoms with Crippen molar-refractivity contribution in [2.75, 3.05) is 19.4 Å². The largest absolute Gasteiger partial charge is 0.492 e. The molecule has 0 unspecified atom stereocenters. The summed E-state index contributed by atoms with van der Waals surface area (Å²) in [7, 11) is -3.19. The number of hydrogen-bond donors (Lipinski definition) is 2. The zero-order valence-electron chi connectivity index (χ0n) is 13.3. The molecule has 23 heavy (non-hydrogen) atoms. The van der Waals surface area contributed by atoms with E-state index in [9.17, 15) is 13.2 Å². The van der Waals surface area contributed by atoms with Gasteiger partial charge >= 0.3 is 0 Å². The number of nitrogens with two attached hydrogens (primary N) is 1. The van der Waals surface area contributed by atoms with Crippen LogP contribution in [0.1, 0.15) is 25.7 Å². The zero-order valence-corrected chi connectivity index (χ0v) is 14.1. The molecule has 1 aliphatic carbocycles. The summed E-state index contributed by atoms with van der Waals surface area (Å²) in [5.74, 6) is 0.868. The molecule has 0 spiro atoms. The maximum atomic E-state index is 11.8. The van der Waals surface area contributed by atoms with Gasteiger partial charge in [0.2, 0.25) is 5.91 Å². The van der Waals surface area contributed by atoms with Gasteiger partial charge in [-0.05, 0) is 43.0 Å². The Morgan fingerprint density at radius 2 is 2.00 bits per heavy atom. The molecule has 1 saturated carbocycles. The van der Waals surface area contributed by atoms with Crippen LogP contribution in [0.4, 0.5) is 0 Å². The van der Waals surface area contributed by atoms with E-state index >= 15 is 0 Å². The molecule has 1 fully saturated rings. The van der Waals surface area contributed by atoms with Gasteiger partial charge in [0.25, 0.3) is 0 Å². The fourth-order valence-corrected chi connectivity index (χ4v) is 3.40. The van der Waals surface area contributed by atoms with Crippen LogP contribution in [0.25, 0.3) is 0 Å². The summed E-state index contributed by atoms with van der Waals surface area (Å²) in [5, 5.41) is 2.82. The van der Waals surface area contributed by atoms with Crippen molar-refractivity contribution in [2.24, 2.45) is 11.7 Å². The average molecular weight is 340 g/mol. The van der Waals surface area contributed by atoms with Gasteiger partial charge in [-0.2, -0.15) is 0 Å². The Bertz CT molecular complexity index is 628. The summed E-state index contributed by atoms with van der Waals surface area (Å²) in [6, 6.07) is 6.37. The van der Waals surface area contributed by atoms with Crippen LogP contribution >= 0.6 is 0 Å². The van der Waals surface area contributed by atoms with Crippen LogP contribution in [0.3, 0.4) is 0 Å². The van der Waals surface area contributed by atoms with E-state index < -0.39 is 9.84 Å². The fourth-order valence-electron chi connectivity index (χ4n) is 2.77. The van der Waals surface area contributed by atoms with Crippen LogP contribution in [-0.2, 0) is 14.6 Å². The van der Waals surface area contributed by atoms with Gasteiger partial charge in [-0.3, -0.25) is 4.79 Å². The molecular weight excluding hydrogens is 316 g/mol. The van der Waals surface area contributed by atoms with Crippen molar-refractivity contribution in [3.8, 4) is 5.75 Å². The van der Waals surface area contributed by atoms with Crippen molar-refractivity contribution in [3.05, 3.63) is 24.3 Å². The first-order valence-corrected chi connectivity index (χ1v) is 9.70. The first-order chi connectivity index (χ1) is 10.9. The molecular formula is C16H24N2O4S. The SMILES string of the molecule is CS(=O)(=O)c1ccc(OCCNC(=O)C[C@@H]2CCC[C@H]2N)cc1. The molecule has 2 rings (SSSR count). The normalized spacial score (nSPS) is 21.1. The van der Waals surface area contributed by atoms with Crippen LogP contribution < -0.4 is 15.8 Å². The first-order valence-electron chi connectivity index (χ1n) is 7.81. The Labute approximate surface area is 137 Å². The second kappa shape index (κ2) is 7.79. The maximum Gasteiger partial charge on any atom is 0.220 e. The summed E-state index contributed by atoms with van der Waals surface area (Å²) in [4.78, 5) is 12.1. The third-order valence-corrected chi connectivity index (χ3v) is 5.24. The van der Waals surface area contributed by atoms with E-state index in [-0.39, 0.29) is 16.8 Å². The van der Waals surface area contributed by atoms with Crippen LogP contribution in [0.5, 0.6) is 5.75 Å². The average Bonchev–Trinajstić information content (AvgIpc) is 2.88. The minimum absolute atomic E-state index is 0.00312. The molecule has 0 aromatic heterocycles. The van der Waals surface area contributed by atoms with Crippen molar-refractivity contribution in [2.45, 2.75) is 36.6 Å². The number of hydrogen-bond acceptors (Lipinski definition) is 5. The molecule has 1 aromatic rings. The zero-order chi connectivity index (χ0) is 16.9. The first kappa shape index (κ1) is 17.7. The molecule has 1 aromatic carbocycles. The number of nitrogens with one attached hydrogen (secondary N) is 1. The van der Waals surface area contributed by atoms with Crippen molar-refractivity contribution in [1.29, 1.82) is 0 Å². The van der Waals surface area contributed by atoms with Crippen LogP contribution in [0.15, 0.2) is 29.2 Å². The molecule has 7 heteroatoms. The number of sulfone groups is 1. The standard InChI is InChI=1S/C16H24N2O4S/c1-23(20,21)14-7-5-13(6-8-14)22-10-9-18-16(19)11-12-3-2-4-15(12)17/h5-8,12,15H,2-4,9-11,17H2,1H3,(H,18,19)/t12-,15+/m0/s1. The third kappa shape index (κ3) is 5.51. The lowest BCUT2D eigenvalue weighted by Gasteiger charge is -2.14. The quantitative estimate of drug-likeness (QED) is 0.724. The smallest absolute Gasteiger partial charge is 0.220 e. The lowest BCUT2D eigenvalue weighted by molar-refractivity contribution is -0.122. The number of carbonyl (C=O) groups excluding carboxylic acids is 1. The second-order valence-corrected chi connectivity index (χ2v) is 8.02. The summed E-state index contributed by atoms with van der Waals surface area (Å²) in [6.07, 6.45) is 4.77. The van der Waals surface area contributed by atoms with Gasteiger partial charge in [0, 0.05) is 18.7 Å². The molecule has 3 N–H and O–H groups in total. The minimum atomic E-state index is -3.19. The van der Waals surface area contributed by atoms with E-state index in [0.29, 0.717) is 31.2 Å².